The van der Waals surface area contributed by atoms with Crippen LogP contribution in [0.15, 0.2) is 47.6 Å². The number of hydrazone groups is 1. The molecule has 3 rings (SSSR count). The maximum absolute atomic E-state index is 12.2. The summed E-state index contributed by atoms with van der Waals surface area (Å²) in [7, 11) is 1.52. The van der Waals surface area contributed by atoms with Gasteiger partial charge in [-0.25, -0.2) is 5.43 Å². The van der Waals surface area contributed by atoms with Crippen LogP contribution in [0.3, 0.4) is 0 Å². The number of H-pyrrole nitrogens is 1. The van der Waals surface area contributed by atoms with E-state index < -0.39 is 5.91 Å². The van der Waals surface area contributed by atoms with E-state index in [-0.39, 0.29) is 11.4 Å². The number of hydrogen-bond acceptors (Lipinski definition) is 4. The molecule has 7 heteroatoms. The van der Waals surface area contributed by atoms with E-state index in [1.165, 1.54) is 19.4 Å². The molecule has 0 unspecified atom stereocenters. The van der Waals surface area contributed by atoms with Crippen molar-refractivity contribution in [2.75, 3.05) is 7.11 Å². The summed E-state index contributed by atoms with van der Waals surface area (Å²) < 4.78 is 5.07. The zero-order chi connectivity index (χ0) is 17.1. The molecule has 2 aromatic carbocycles. The smallest absolute Gasteiger partial charge is 0.289 e. The number of aromatic nitrogens is 1. The van der Waals surface area contributed by atoms with Gasteiger partial charge in [-0.1, -0.05) is 29.8 Å². The zero-order valence-electron chi connectivity index (χ0n) is 12.7. The minimum atomic E-state index is -0.477. The number of aromatic hydroxyl groups is 1. The van der Waals surface area contributed by atoms with E-state index in [1.54, 1.807) is 12.1 Å². The lowest BCUT2D eigenvalue weighted by Gasteiger charge is -2.03. The van der Waals surface area contributed by atoms with Crippen molar-refractivity contribution in [1.82, 2.24) is 10.4 Å². The Hall–Kier alpha value is -2.99. The van der Waals surface area contributed by atoms with Crippen LogP contribution in [0.4, 0.5) is 0 Å². The van der Waals surface area contributed by atoms with Crippen LogP contribution in [-0.2, 0) is 0 Å². The SMILES string of the molecule is COc1ccc(O)c(C=NNC(=O)c2[nH]c3ccccc3c2Cl)c1. The summed E-state index contributed by atoms with van der Waals surface area (Å²) in [6, 6.07) is 12.0. The summed E-state index contributed by atoms with van der Waals surface area (Å²) in [6.45, 7) is 0. The number of fused-ring (bicyclic) bond motifs is 1. The second-order valence-electron chi connectivity index (χ2n) is 4.98. The quantitative estimate of drug-likeness (QED) is 0.502. The van der Waals surface area contributed by atoms with Crippen LogP contribution in [0.25, 0.3) is 10.9 Å². The summed E-state index contributed by atoms with van der Waals surface area (Å²) in [5, 5.41) is 14.7. The fourth-order valence-corrected chi connectivity index (χ4v) is 2.54. The van der Waals surface area contributed by atoms with E-state index in [9.17, 15) is 9.90 Å². The van der Waals surface area contributed by atoms with E-state index >= 15 is 0 Å². The van der Waals surface area contributed by atoms with Gasteiger partial charge in [-0.05, 0) is 24.3 Å². The lowest BCUT2D eigenvalue weighted by molar-refractivity contribution is 0.0951. The lowest BCUT2D eigenvalue weighted by atomic mass is 10.2. The van der Waals surface area contributed by atoms with Crippen molar-refractivity contribution in [2.45, 2.75) is 0 Å². The second-order valence-corrected chi connectivity index (χ2v) is 5.36. The maximum Gasteiger partial charge on any atom is 0.289 e. The van der Waals surface area contributed by atoms with E-state index in [0.717, 1.165) is 10.9 Å². The molecule has 6 nitrogen and oxygen atoms in total. The van der Waals surface area contributed by atoms with Crippen LogP contribution >= 0.6 is 11.6 Å². The predicted octanol–water partition coefficient (Wildman–Crippen LogP) is 3.30. The summed E-state index contributed by atoms with van der Waals surface area (Å²) >= 11 is 6.21. The zero-order valence-corrected chi connectivity index (χ0v) is 13.5. The topological polar surface area (TPSA) is 86.7 Å². The first-order valence-electron chi connectivity index (χ1n) is 7.06. The number of carbonyl (C=O) groups excluding carboxylic acids is 1. The minimum absolute atomic E-state index is 0.0254. The number of ether oxygens (including phenoxy) is 1. The van der Waals surface area contributed by atoms with Crippen LogP contribution in [0.2, 0.25) is 5.02 Å². The van der Waals surface area contributed by atoms with Crippen LogP contribution in [-0.4, -0.2) is 29.3 Å². The molecule has 0 bridgehead atoms. The number of amides is 1. The van der Waals surface area contributed by atoms with Crippen molar-refractivity contribution >= 4 is 34.6 Å². The number of methoxy groups -OCH3 is 1. The monoisotopic (exact) mass is 343 g/mol. The van der Waals surface area contributed by atoms with Gasteiger partial charge < -0.3 is 14.8 Å². The van der Waals surface area contributed by atoms with Gasteiger partial charge in [0.25, 0.3) is 5.91 Å². The van der Waals surface area contributed by atoms with Gasteiger partial charge in [0.15, 0.2) is 0 Å². The van der Waals surface area contributed by atoms with Gasteiger partial charge in [0, 0.05) is 16.5 Å². The number of aromatic amines is 1. The third-order valence-electron chi connectivity index (χ3n) is 3.47. The number of benzene rings is 2. The second kappa shape index (κ2) is 6.64. The number of phenols is 1. The Kier molecular flexibility index (Phi) is 4.39. The van der Waals surface area contributed by atoms with Gasteiger partial charge in [-0.2, -0.15) is 5.10 Å². The third-order valence-corrected chi connectivity index (χ3v) is 3.87. The lowest BCUT2D eigenvalue weighted by Crippen LogP contribution is -2.18. The molecule has 1 amide bonds. The average Bonchev–Trinajstić information content (AvgIpc) is 2.94. The summed E-state index contributed by atoms with van der Waals surface area (Å²) in [4.78, 5) is 15.2. The summed E-state index contributed by atoms with van der Waals surface area (Å²) in [5.41, 5.74) is 3.78. The Morgan fingerprint density at radius 2 is 2.12 bits per heavy atom. The van der Waals surface area contributed by atoms with E-state index in [2.05, 4.69) is 15.5 Å². The molecule has 0 aliphatic rings. The van der Waals surface area contributed by atoms with Crippen molar-refractivity contribution in [3.05, 3.63) is 58.7 Å². The number of carbonyl (C=O) groups is 1. The molecular formula is C17H14ClN3O3. The molecule has 1 heterocycles. The highest BCUT2D eigenvalue weighted by Gasteiger charge is 2.15. The molecule has 0 spiro atoms. The number of para-hydroxylation sites is 1. The minimum Gasteiger partial charge on any atom is -0.507 e. The molecule has 3 N–H and O–H groups in total. The third kappa shape index (κ3) is 3.04. The Morgan fingerprint density at radius 3 is 2.88 bits per heavy atom. The van der Waals surface area contributed by atoms with Gasteiger partial charge in [0.1, 0.15) is 17.2 Å². The summed E-state index contributed by atoms with van der Waals surface area (Å²) in [6.07, 6.45) is 1.33. The van der Waals surface area contributed by atoms with Crippen molar-refractivity contribution in [3.63, 3.8) is 0 Å². The molecule has 0 saturated heterocycles. The molecule has 24 heavy (non-hydrogen) atoms. The number of nitrogens with one attached hydrogen (secondary N) is 2. The number of rotatable bonds is 4. The molecule has 0 saturated carbocycles. The predicted molar refractivity (Wildman–Crippen MR) is 93.0 cm³/mol. The average molecular weight is 344 g/mol. The van der Waals surface area contributed by atoms with Crippen molar-refractivity contribution in [1.29, 1.82) is 0 Å². The maximum atomic E-state index is 12.2. The molecule has 0 fully saturated rings. The van der Waals surface area contributed by atoms with Crippen molar-refractivity contribution in [3.8, 4) is 11.5 Å². The van der Waals surface area contributed by atoms with Gasteiger partial charge in [-0.3, -0.25) is 4.79 Å². The van der Waals surface area contributed by atoms with Crippen LogP contribution < -0.4 is 10.2 Å². The molecule has 122 valence electrons. The first-order chi connectivity index (χ1) is 11.6. The molecule has 0 aliphatic heterocycles. The Bertz CT molecular complexity index is 934. The van der Waals surface area contributed by atoms with Gasteiger partial charge in [0.2, 0.25) is 0 Å². The number of halogens is 1. The molecule has 0 aliphatic carbocycles. The Labute approximate surface area is 142 Å². The number of nitrogens with zero attached hydrogens (tertiary/aromatic N) is 1. The highest BCUT2D eigenvalue weighted by molar-refractivity contribution is 6.38. The molecular weight excluding hydrogens is 330 g/mol. The van der Waals surface area contributed by atoms with Gasteiger partial charge >= 0.3 is 0 Å². The normalized spacial score (nSPS) is 11.1. The summed E-state index contributed by atoms with van der Waals surface area (Å²) in [5.74, 6) is 0.117. The van der Waals surface area contributed by atoms with Crippen LogP contribution in [0.5, 0.6) is 11.5 Å². The molecule has 3 aromatic rings. The van der Waals surface area contributed by atoms with Gasteiger partial charge in [0.05, 0.1) is 18.3 Å². The standard InChI is InChI=1S/C17H14ClN3O3/c1-24-11-6-7-14(22)10(8-11)9-19-21-17(23)16-15(18)12-4-2-3-5-13(12)20-16/h2-9,20,22H,1H3,(H,21,23). The number of phenolic OH excluding ortho intramolecular Hbond substituents is 1. The highest BCUT2D eigenvalue weighted by atomic mass is 35.5. The Balaban J connectivity index is 1.78. The fraction of sp³-hybridized carbons (Fsp3) is 0.0588. The first kappa shape index (κ1) is 15.9. The van der Waals surface area contributed by atoms with Gasteiger partial charge in [-0.15, -0.1) is 0 Å². The van der Waals surface area contributed by atoms with Crippen molar-refractivity contribution in [2.24, 2.45) is 5.10 Å². The van der Waals surface area contributed by atoms with E-state index in [1.807, 2.05) is 24.3 Å². The fourth-order valence-electron chi connectivity index (χ4n) is 2.24. The van der Waals surface area contributed by atoms with E-state index in [0.29, 0.717) is 16.3 Å². The van der Waals surface area contributed by atoms with E-state index in [4.69, 9.17) is 16.3 Å². The van der Waals surface area contributed by atoms with Crippen LogP contribution in [0, 0.1) is 0 Å². The molecule has 1 aromatic heterocycles. The number of hydrogen-bond donors (Lipinski definition) is 3. The Morgan fingerprint density at radius 1 is 1.33 bits per heavy atom. The highest BCUT2D eigenvalue weighted by Crippen LogP contribution is 2.27. The largest absolute Gasteiger partial charge is 0.507 e. The first-order valence-corrected chi connectivity index (χ1v) is 7.44. The molecule has 0 radical (unpaired) electrons. The van der Waals surface area contributed by atoms with Crippen molar-refractivity contribution < 1.29 is 14.6 Å². The van der Waals surface area contributed by atoms with Crippen LogP contribution in [0.1, 0.15) is 16.1 Å². The molecule has 0 atom stereocenters.